The Kier molecular flexibility index (Phi) is 4.61. The SMILES string of the molecule is C=CCCC(=O)Cc1ccccc1OC. The first-order valence-corrected chi connectivity index (χ1v) is 5.02. The second-order valence-corrected chi connectivity index (χ2v) is 3.35. The normalized spacial score (nSPS) is 9.67. The molecule has 1 aromatic carbocycles. The molecule has 15 heavy (non-hydrogen) atoms. The number of hydrogen-bond donors (Lipinski definition) is 0. The molecule has 0 spiro atoms. The highest BCUT2D eigenvalue weighted by Crippen LogP contribution is 2.18. The highest BCUT2D eigenvalue weighted by Gasteiger charge is 2.06. The topological polar surface area (TPSA) is 26.3 Å². The van der Waals surface area contributed by atoms with Crippen molar-refractivity contribution in [3.05, 3.63) is 42.5 Å². The molecule has 0 heterocycles. The highest BCUT2D eigenvalue weighted by atomic mass is 16.5. The van der Waals surface area contributed by atoms with E-state index in [4.69, 9.17) is 4.74 Å². The summed E-state index contributed by atoms with van der Waals surface area (Å²) in [6.45, 7) is 3.60. The Morgan fingerprint density at radius 3 is 2.87 bits per heavy atom. The molecule has 0 saturated heterocycles. The maximum Gasteiger partial charge on any atom is 0.137 e. The molecule has 0 bridgehead atoms. The molecular weight excluding hydrogens is 188 g/mol. The lowest BCUT2D eigenvalue weighted by Crippen LogP contribution is -2.03. The Bertz CT molecular complexity index is 342. The number of Topliss-reactive ketones (excluding diaryl/α,β-unsaturated/α-hetero) is 1. The summed E-state index contributed by atoms with van der Waals surface area (Å²) in [6, 6.07) is 7.61. The minimum Gasteiger partial charge on any atom is -0.496 e. The van der Waals surface area contributed by atoms with E-state index in [2.05, 4.69) is 6.58 Å². The van der Waals surface area contributed by atoms with Gasteiger partial charge in [0.1, 0.15) is 11.5 Å². The van der Waals surface area contributed by atoms with Crippen LogP contribution in [0.3, 0.4) is 0 Å². The number of rotatable bonds is 6. The lowest BCUT2D eigenvalue weighted by molar-refractivity contribution is -0.118. The Balaban J connectivity index is 2.63. The van der Waals surface area contributed by atoms with Crippen molar-refractivity contribution in [2.75, 3.05) is 7.11 Å². The van der Waals surface area contributed by atoms with Gasteiger partial charge in [0.15, 0.2) is 0 Å². The van der Waals surface area contributed by atoms with E-state index in [-0.39, 0.29) is 5.78 Å². The predicted molar refractivity (Wildman–Crippen MR) is 61.1 cm³/mol. The first-order chi connectivity index (χ1) is 7.27. The minimum absolute atomic E-state index is 0.222. The number of allylic oxidation sites excluding steroid dienone is 1. The summed E-state index contributed by atoms with van der Waals surface area (Å²) in [7, 11) is 1.62. The summed E-state index contributed by atoms with van der Waals surface area (Å²) in [6.07, 6.45) is 3.51. The molecule has 2 heteroatoms. The van der Waals surface area contributed by atoms with Gasteiger partial charge in [-0.25, -0.2) is 0 Å². The lowest BCUT2D eigenvalue weighted by atomic mass is 10.0. The molecule has 0 atom stereocenters. The molecule has 0 aliphatic rings. The van der Waals surface area contributed by atoms with Crippen molar-refractivity contribution in [1.29, 1.82) is 0 Å². The number of ether oxygens (including phenoxy) is 1. The average Bonchev–Trinajstić information content (AvgIpc) is 2.27. The van der Waals surface area contributed by atoms with E-state index < -0.39 is 0 Å². The molecule has 1 rings (SSSR count). The van der Waals surface area contributed by atoms with Gasteiger partial charge in [0.2, 0.25) is 0 Å². The number of methoxy groups -OCH3 is 1. The molecule has 0 aliphatic carbocycles. The van der Waals surface area contributed by atoms with Gasteiger partial charge < -0.3 is 4.74 Å². The first-order valence-electron chi connectivity index (χ1n) is 5.02. The minimum atomic E-state index is 0.222. The van der Waals surface area contributed by atoms with Crippen molar-refractivity contribution in [2.24, 2.45) is 0 Å². The molecule has 0 amide bonds. The Labute approximate surface area is 90.6 Å². The average molecular weight is 204 g/mol. The summed E-state index contributed by atoms with van der Waals surface area (Å²) < 4.78 is 5.18. The lowest BCUT2D eigenvalue weighted by Gasteiger charge is -2.06. The van der Waals surface area contributed by atoms with E-state index in [1.54, 1.807) is 13.2 Å². The highest BCUT2D eigenvalue weighted by molar-refractivity contribution is 5.81. The quantitative estimate of drug-likeness (QED) is 0.666. The van der Waals surface area contributed by atoms with E-state index in [0.29, 0.717) is 12.8 Å². The zero-order valence-corrected chi connectivity index (χ0v) is 9.03. The zero-order valence-electron chi connectivity index (χ0n) is 9.03. The van der Waals surface area contributed by atoms with Crippen LogP contribution in [-0.2, 0) is 11.2 Å². The Morgan fingerprint density at radius 2 is 2.20 bits per heavy atom. The number of carbonyl (C=O) groups excluding carboxylic acids is 1. The van der Waals surface area contributed by atoms with Crippen LogP contribution in [0.15, 0.2) is 36.9 Å². The summed E-state index contributed by atoms with van der Waals surface area (Å²) >= 11 is 0. The van der Waals surface area contributed by atoms with Crippen LogP contribution in [0, 0.1) is 0 Å². The Morgan fingerprint density at radius 1 is 1.47 bits per heavy atom. The van der Waals surface area contributed by atoms with Crippen LogP contribution in [-0.4, -0.2) is 12.9 Å². The number of benzene rings is 1. The maximum absolute atomic E-state index is 11.5. The molecule has 2 nitrogen and oxygen atoms in total. The van der Waals surface area contributed by atoms with Crippen molar-refractivity contribution in [1.82, 2.24) is 0 Å². The monoisotopic (exact) mass is 204 g/mol. The second kappa shape index (κ2) is 6.02. The van der Waals surface area contributed by atoms with E-state index in [1.807, 2.05) is 24.3 Å². The van der Waals surface area contributed by atoms with Crippen LogP contribution in [0.25, 0.3) is 0 Å². The summed E-state index contributed by atoms with van der Waals surface area (Å²) in [5, 5.41) is 0. The fourth-order valence-corrected chi connectivity index (χ4v) is 1.41. The number of carbonyl (C=O) groups is 1. The van der Waals surface area contributed by atoms with Gasteiger partial charge in [-0.15, -0.1) is 6.58 Å². The summed E-state index contributed by atoms with van der Waals surface area (Å²) in [4.78, 5) is 11.5. The molecule has 80 valence electrons. The van der Waals surface area contributed by atoms with Crippen LogP contribution >= 0.6 is 0 Å². The van der Waals surface area contributed by atoms with E-state index in [9.17, 15) is 4.79 Å². The number of para-hydroxylation sites is 1. The smallest absolute Gasteiger partial charge is 0.137 e. The molecule has 0 radical (unpaired) electrons. The largest absolute Gasteiger partial charge is 0.496 e. The fraction of sp³-hybridized carbons (Fsp3) is 0.308. The molecule has 0 N–H and O–H groups in total. The van der Waals surface area contributed by atoms with Gasteiger partial charge in [-0.2, -0.15) is 0 Å². The van der Waals surface area contributed by atoms with Crippen LogP contribution in [0.1, 0.15) is 18.4 Å². The standard InChI is InChI=1S/C13H16O2/c1-3-4-8-12(14)10-11-7-5-6-9-13(11)15-2/h3,5-7,9H,1,4,8,10H2,2H3. The third-order valence-corrected chi connectivity index (χ3v) is 2.21. The second-order valence-electron chi connectivity index (χ2n) is 3.35. The van der Waals surface area contributed by atoms with Gasteiger partial charge in [0.25, 0.3) is 0 Å². The van der Waals surface area contributed by atoms with Crippen molar-refractivity contribution in [3.63, 3.8) is 0 Å². The number of hydrogen-bond acceptors (Lipinski definition) is 2. The third-order valence-electron chi connectivity index (χ3n) is 2.21. The summed E-state index contributed by atoms with van der Waals surface area (Å²) in [5.41, 5.74) is 0.953. The van der Waals surface area contributed by atoms with Gasteiger partial charge in [0.05, 0.1) is 7.11 Å². The van der Waals surface area contributed by atoms with Crippen LogP contribution in [0.2, 0.25) is 0 Å². The van der Waals surface area contributed by atoms with E-state index >= 15 is 0 Å². The molecule has 0 aromatic heterocycles. The van der Waals surface area contributed by atoms with E-state index in [0.717, 1.165) is 17.7 Å². The van der Waals surface area contributed by atoms with Crippen LogP contribution < -0.4 is 4.74 Å². The van der Waals surface area contributed by atoms with Gasteiger partial charge >= 0.3 is 0 Å². The first kappa shape index (κ1) is 11.5. The predicted octanol–water partition coefficient (Wildman–Crippen LogP) is 2.77. The molecule has 0 aliphatic heterocycles. The van der Waals surface area contributed by atoms with Gasteiger partial charge in [-0.05, 0) is 12.5 Å². The number of ketones is 1. The zero-order chi connectivity index (χ0) is 11.1. The summed E-state index contributed by atoms with van der Waals surface area (Å²) in [5.74, 6) is 1.00. The van der Waals surface area contributed by atoms with Gasteiger partial charge in [-0.3, -0.25) is 4.79 Å². The van der Waals surface area contributed by atoms with Crippen molar-refractivity contribution < 1.29 is 9.53 Å². The molecule has 1 aromatic rings. The fourth-order valence-electron chi connectivity index (χ4n) is 1.41. The Hall–Kier alpha value is -1.57. The van der Waals surface area contributed by atoms with Crippen LogP contribution in [0.5, 0.6) is 5.75 Å². The van der Waals surface area contributed by atoms with E-state index in [1.165, 1.54) is 0 Å². The maximum atomic E-state index is 11.5. The molecule has 0 unspecified atom stereocenters. The van der Waals surface area contributed by atoms with Crippen molar-refractivity contribution in [2.45, 2.75) is 19.3 Å². The van der Waals surface area contributed by atoms with Crippen molar-refractivity contribution in [3.8, 4) is 5.75 Å². The molecular formula is C13H16O2. The molecule has 0 saturated carbocycles. The van der Waals surface area contributed by atoms with Crippen molar-refractivity contribution >= 4 is 5.78 Å². The van der Waals surface area contributed by atoms with Gasteiger partial charge in [0, 0.05) is 18.4 Å². The van der Waals surface area contributed by atoms with Gasteiger partial charge in [-0.1, -0.05) is 24.3 Å². The van der Waals surface area contributed by atoms with Crippen LogP contribution in [0.4, 0.5) is 0 Å². The third kappa shape index (κ3) is 3.58. The molecule has 0 fully saturated rings.